The molecule has 0 atom stereocenters. The smallest absolute Gasteiger partial charge is 0.270 e. The van der Waals surface area contributed by atoms with Crippen LogP contribution in [0.1, 0.15) is 16.8 Å². The first-order chi connectivity index (χ1) is 16.6. The summed E-state index contributed by atoms with van der Waals surface area (Å²) in [7, 11) is 0. The Morgan fingerprint density at radius 1 is 1.03 bits per heavy atom. The average molecular weight is 451 g/mol. The first kappa shape index (κ1) is 21.2. The van der Waals surface area contributed by atoms with E-state index in [2.05, 4.69) is 25.7 Å². The lowest BCUT2D eigenvalue weighted by atomic mass is 10.1. The number of rotatable bonds is 6. The molecular weight excluding hydrogens is 430 g/mol. The van der Waals surface area contributed by atoms with E-state index in [0.717, 1.165) is 22.3 Å². The Kier molecular flexibility index (Phi) is 5.65. The lowest BCUT2D eigenvalue weighted by molar-refractivity contribution is -0.117. The number of anilines is 1. The molecule has 9 nitrogen and oxygen atoms in total. The first-order valence-corrected chi connectivity index (χ1v) is 10.7. The standard InChI is InChI=1S/C25H21N7O2/c1-17-13-19(14-18-5-4-12-26-15-18)25(34)31(29-17)16-24(33)27-20-8-10-21(11-9-20)32-23-7-3-2-6-22(23)28-30-32/h2-13,15H,14,16H2,1H3,(H,27,33). The van der Waals surface area contributed by atoms with E-state index in [0.29, 0.717) is 23.4 Å². The van der Waals surface area contributed by atoms with E-state index in [-0.39, 0.29) is 18.0 Å². The van der Waals surface area contributed by atoms with Gasteiger partial charge in [0.25, 0.3) is 5.56 Å². The molecule has 1 amide bonds. The number of carbonyl (C=O) groups is 1. The van der Waals surface area contributed by atoms with Gasteiger partial charge in [-0.05, 0) is 61.0 Å². The van der Waals surface area contributed by atoms with Gasteiger partial charge < -0.3 is 5.32 Å². The number of carbonyl (C=O) groups excluding carboxylic acids is 1. The number of hydrogen-bond donors (Lipinski definition) is 1. The van der Waals surface area contributed by atoms with Crippen molar-refractivity contribution in [2.24, 2.45) is 0 Å². The molecule has 9 heteroatoms. The summed E-state index contributed by atoms with van der Waals surface area (Å²) in [6.45, 7) is 1.61. The quantitative estimate of drug-likeness (QED) is 0.425. The van der Waals surface area contributed by atoms with Crippen LogP contribution < -0.4 is 10.9 Å². The predicted molar refractivity (Wildman–Crippen MR) is 128 cm³/mol. The van der Waals surface area contributed by atoms with Gasteiger partial charge in [0.2, 0.25) is 5.91 Å². The van der Waals surface area contributed by atoms with Crippen LogP contribution in [0.2, 0.25) is 0 Å². The Morgan fingerprint density at radius 3 is 2.65 bits per heavy atom. The topological polar surface area (TPSA) is 108 Å². The summed E-state index contributed by atoms with van der Waals surface area (Å²) in [6, 6.07) is 20.4. The molecule has 0 radical (unpaired) electrons. The molecule has 0 aliphatic carbocycles. The molecule has 0 saturated carbocycles. The Bertz CT molecular complexity index is 1520. The molecule has 0 bridgehead atoms. The number of nitrogens with zero attached hydrogens (tertiary/aromatic N) is 6. The van der Waals surface area contributed by atoms with Gasteiger partial charge in [0.1, 0.15) is 12.1 Å². The van der Waals surface area contributed by atoms with E-state index in [1.807, 2.05) is 48.5 Å². The van der Waals surface area contributed by atoms with Gasteiger partial charge in [0.15, 0.2) is 0 Å². The monoisotopic (exact) mass is 451 g/mol. The van der Waals surface area contributed by atoms with Crippen LogP contribution in [0, 0.1) is 6.92 Å². The lowest BCUT2D eigenvalue weighted by Crippen LogP contribution is -2.32. The molecule has 168 valence electrons. The molecule has 0 spiro atoms. The molecule has 0 aliphatic heterocycles. The molecule has 34 heavy (non-hydrogen) atoms. The van der Waals surface area contributed by atoms with Gasteiger partial charge in [-0.15, -0.1) is 5.10 Å². The lowest BCUT2D eigenvalue weighted by Gasteiger charge is -2.10. The molecule has 1 N–H and O–H groups in total. The van der Waals surface area contributed by atoms with E-state index >= 15 is 0 Å². The second-order valence-corrected chi connectivity index (χ2v) is 7.90. The number of pyridine rings is 1. The number of hydrogen-bond acceptors (Lipinski definition) is 6. The van der Waals surface area contributed by atoms with Crippen molar-refractivity contribution in [3.05, 3.63) is 106 Å². The molecule has 3 aromatic heterocycles. The summed E-state index contributed by atoms with van der Waals surface area (Å²) in [5, 5.41) is 15.4. The number of aromatic nitrogens is 6. The van der Waals surface area contributed by atoms with E-state index in [4.69, 9.17) is 0 Å². The second kappa shape index (κ2) is 9.07. The number of aryl methyl sites for hydroxylation is 1. The van der Waals surface area contributed by atoms with E-state index in [9.17, 15) is 9.59 Å². The maximum atomic E-state index is 12.9. The van der Waals surface area contributed by atoms with Crippen molar-refractivity contribution in [1.82, 2.24) is 29.8 Å². The molecule has 0 saturated heterocycles. The first-order valence-electron chi connectivity index (χ1n) is 10.7. The van der Waals surface area contributed by atoms with E-state index in [1.54, 1.807) is 42.2 Å². The number of benzene rings is 2. The van der Waals surface area contributed by atoms with Gasteiger partial charge >= 0.3 is 0 Å². The van der Waals surface area contributed by atoms with Crippen LogP contribution in [0.25, 0.3) is 16.7 Å². The van der Waals surface area contributed by atoms with Crippen molar-refractivity contribution < 1.29 is 4.79 Å². The molecular formula is C25H21N7O2. The maximum absolute atomic E-state index is 12.9. The predicted octanol–water partition coefficient (Wildman–Crippen LogP) is 2.91. The molecule has 0 unspecified atom stereocenters. The Morgan fingerprint density at radius 2 is 1.85 bits per heavy atom. The number of para-hydroxylation sites is 1. The zero-order valence-corrected chi connectivity index (χ0v) is 18.4. The third kappa shape index (κ3) is 4.44. The fourth-order valence-electron chi connectivity index (χ4n) is 3.78. The van der Waals surface area contributed by atoms with Crippen molar-refractivity contribution in [3.8, 4) is 5.69 Å². The maximum Gasteiger partial charge on any atom is 0.270 e. The summed E-state index contributed by atoms with van der Waals surface area (Å²) in [5.74, 6) is -0.341. The average Bonchev–Trinajstić information content (AvgIpc) is 3.27. The van der Waals surface area contributed by atoms with Crippen LogP contribution in [0.15, 0.2) is 83.9 Å². The van der Waals surface area contributed by atoms with Crippen molar-refractivity contribution in [2.45, 2.75) is 19.9 Å². The minimum Gasteiger partial charge on any atom is -0.324 e. The van der Waals surface area contributed by atoms with Gasteiger partial charge in [-0.3, -0.25) is 14.6 Å². The largest absolute Gasteiger partial charge is 0.324 e. The minimum absolute atomic E-state index is 0.185. The minimum atomic E-state index is -0.341. The SMILES string of the molecule is Cc1cc(Cc2cccnc2)c(=O)n(CC(=O)Nc2ccc(-n3nnc4ccccc43)cc2)n1. The third-order valence-corrected chi connectivity index (χ3v) is 5.33. The third-order valence-electron chi connectivity index (χ3n) is 5.33. The summed E-state index contributed by atoms with van der Waals surface area (Å²) in [5.41, 5.74) is 4.98. The van der Waals surface area contributed by atoms with Crippen LogP contribution in [0.3, 0.4) is 0 Å². The van der Waals surface area contributed by atoms with E-state index < -0.39 is 0 Å². The Balaban J connectivity index is 1.30. The van der Waals surface area contributed by atoms with Crippen molar-refractivity contribution in [1.29, 1.82) is 0 Å². The van der Waals surface area contributed by atoms with Gasteiger partial charge in [-0.25, -0.2) is 9.36 Å². The Labute approximate surface area is 194 Å². The Hall–Kier alpha value is -4.66. The fourth-order valence-corrected chi connectivity index (χ4v) is 3.78. The summed E-state index contributed by atoms with van der Waals surface area (Å²) in [6.07, 6.45) is 3.83. The zero-order valence-electron chi connectivity index (χ0n) is 18.4. The number of fused-ring (bicyclic) bond motifs is 1. The molecule has 0 fully saturated rings. The molecule has 3 heterocycles. The number of nitrogens with one attached hydrogen (secondary N) is 1. The summed E-state index contributed by atoms with van der Waals surface area (Å²) in [4.78, 5) is 29.6. The van der Waals surface area contributed by atoms with Crippen LogP contribution in [-0.2, 0) is 17.8 Å². The molecule has 5 aromatic rings. The van der Waals surface area contributed by atoms with Gasteiger partial charge in [-0.2, -0.15) is 5.10 Å². The highest BCUT2D eigenvalue weighted by atomic mass is 16.2. The highest BCUT2D eigenvalue weighted by Crippen LogP contribution is 2.18. The van der Waals surface area contributed by atoms with Crippen molar-refractivity contribution in [3.63, 3.8) is 0 Å². The zero-order chi connectivity index (χ0) is 23.5. The van der Waals surface area contributed by atoms with Crippen molar-refractivity contribution in [2.75, 3.05) is 5.32 Å². The summed E-state index contributed by atoms with van der Waals surface area (Å²) >= 11 is 0. The van der Waals surface area contributed by atoms with Gasteiger partial charge in [0, 0.05) is 30.1 Å². The van der Waals surface area contributed by atoms with Crippen LogP contribution in [0.4, 0.5) is 5.69 Å². The second-order valence-electron chi connectivity index (χ2n) is 7.90. The van der Waals surface area contributed by atoms with Crippen LogP contribution in [0.5, 0.6) is 0 Å². The number of amides is 1. The molecule has 2 aromatic carbocycles. The fraction of sp³-hybridized carbons (Fsp3) is 0.120. The normalized spacial score (nSPS) is 11.0. The van der Waals surface area contributed by atoms with Crippen LogP contribution >= 0.6 is 0 Å². The highest BCUT2D eigenvalue weighted by Gasteiger charge is 2.12. The van der Waals surface area contributed by atoms with E-state index in [1.165, 1.54) is 4.68 Å². The highest BCUT2D eigenvalue weighted by molar-refractivity contribution is 5.90. The van der Waals surface area contributed by atoms with Gasteiger partial charge in [-0.1, -0.05) is 23.4 Å². The molecule has 0 aliphatic rings. The van der Waals surface area contributed by atoms with Crippen molar-refractivity contribution >= 4 is 22.6 Å². The molecule has 5 rings (SSSR count). The van der Waals surface area contributed by atoms with Gasteiger partial charge in [0.05, 0.1) is 16.9 Å². The summed E-state index contributed by atoms with van der Waals surface area (Å²) < 4.78 is 2.94. The van der Waals surface area contributed by atoms with Crippen LogP contribution in [-0.4, -0.2) is 35.7 Å².